The molecule has 0 radical (unpaired) electrons. The van der Waals surface area contributed by atoms with E-state index >= 15 is 0 Å². The highest BCUT2D eigenvalue weighted by Crippen LogP contribution is 2.34. The number of nitrogens with zero attached hydrogens (tertiary/aromatic N) is 3. The number of amides is 1. The van der Waals surface area contributed by atoms with Gasteiger partial charge in [-0.25, -0.2) is 9.78 Å². The van der Waals surface area contributed by atoms with Crippen LogP contribution in [-0.2, 0) is 22.5 Å². The molecule has 0 N–H and O–H groups in total. The Labute approximate surface area is 191 Å². The molecule has 2 aliphatic carbocycles. The predicted molar refractivity (Wildman–Crippen MR) is 123 cm³/mol. The minimum absolute atomic E-state index is 0.0695. The molecule has 0 bridgehead atoms. The molecule has 0 atom stereocenters. The van der Waals surface area contributed by atoms with Crippen LogP contribution in [0.3, 0.4) is 0 Å². The Morgan fingerprint density at radius 3 is 2.75 bits per heavy atom. The van der Waals surface area contributed by atoms with Crippen LogP contribution in [-0.4, -0.2) is 39.0 Å². The summed E-state index contributed by atoms with van der Waals surface area (Å²) in [4.78, 5) is 46.4. The molecule has 7 nitrogen and oxygen atoms in total. The molecule has 1 amide bonds. The van der Waals surface area contributed by atoms with Crippen molar-refractivity contribution in [2.45, 2.75) is 83.7 Å². The van der Waals surface area contributed by atoms with Crippen LogP contribution in [0.2, 0.25) is 0 Å². The van der Waals surface area contributed by atoms with E-state index < -0.39 is 5.97 Å². The lowest BCUT2D eigenvalue weighted by Crippen LogP contribution is -2.36. The van der Waals surface area contributed by atoms with E-state index in [0.29, 0.717) is 27.2 Å². The Hall–Kier alpha value is -2.48. The Balaban J connectivity index is 1.35. The van der Waals surface area contributed by atoms with Crippen LogP contribution in [0.25, 0.3) is 10.2 Å². The van der Waals surface area contributed by atoms with E-state index in [0.717, 1.165) is 75.7 Å². The van der Waals surface area contributed by atoms with Gasteiger partial charge in [-0.05, 0) is 63.9 Å². The van der Waals surface area contributed by atoms with Gasteiger partial charge in [0.05, 0.1) is 5.39 Å². The highest BCUT2D eigenvalue weighted by atomic mass is 32.1. The van der Waals surface area contributed by atoms with E-state index in [1.165, 1.54) is 11.3 Å². The first-order valence-corrected chi connectivity index (χ1v) is 12.6. The number of hydrogen-bond donors (Lipinski definition) is 0. The maximum absolute atomic E-state index is 13.1. The molecule has 8 heteroatoms. The van der Waals surface area contributed by atoms with Crippen molar-refractivity contribution >= 4 is 33.4 Å². The predicted octanol–water partition coefficient (Wildman–Crippen LogP) is 4.10. The van der Waals surface area contributed by atoms with Crippen LogP contribution in [0.5, 0.6) is 0 Å². The summed E-state index contributed by atoms with van der Waals surface area (Å²) in [6.07, 6.45) is 12.2. The third-order valence-corrected chi connectivity index (χ3v) is 7.85. The van der Waals surface area contributed by atoms with Gasteiger partial charge in [-0.15, -0.1) is 11.3 Å². The highest BCUT2D eigenvalue weighted by molar-refractivity contribution is 7.20. The fourth-order valence-corrected chi connectivity index (χ4v) is 5.92. The minimum Gasteiger partial charge on any atom is -0.451 e. The standard InChI is InChI=1S/C24H29N3O4S/c1-15-20-22(25-18-10-6-3-7-13-26(18)23(20)29)32-21(15)24(30)31-14-19(28)27(17-11-12-17)16-8-4-2-5-9-16/h8,17H,2-7,9-14H2,1H3. The van der Waals surface area contributed by atoms with Crippen molar-refractivity contribution in [2.75, 3.05) is 6.61 Å². The molecular weight excluding hydrogens is 426 g/mol. The van der Waals surface area contributed by atoms with Crippen LogP contribution in [0.4, 0.5) is 0 Å². The lowest BCUT2D eigenvalue weighted by molar-refractivity contribution is -0.133. The number of aryl methyl sites for hydroxylation is 2. The first-order chi connectivity index (χ1) is 15.5. The second-order valence-corrected chi connectivity index (χ2v) is 10.0. The van der Waals surface area contributed by atoms with Gasteiger partial charge in [-0.1, -0.05) is 12.5 Å². The second kappa shape index (κ2) is 8.81. The molecular formula is C24H29N3O4S. The lowest BCUT2D eigenvalue weighted by Gasteiger charge is -2.27. The number of thiophene rings is 1. The van der Waals surface area contributed by atoms with Crippen LogP contribution >= 0.6 is 11.3 Å². The first-order valence-electron chi connectivity index (χ1n) is 11.8. The maximum Gasteiger partial charge on any atom is 0.349 e. The SMILES string of the molecule is Cc1c(C(=O)OCC(=O)N(C2=CCCCC2)C2CC2)sc2nc3n(c(=O)c12)CCCCC3. The zero-order valence-corrected chi connectivity index (χ0v) is 19.3. The Bertz CT molecular complexity index is 1160. The maximum atomic E-state index is 13.1. The third kappa shape index (κ3) is 4.00. The van der Waals surface area contributed by atoms with Gasteiger partial charge < -0.3 is 9.64 Å². The number of ether oxygens (including phenoxy) is 1. The number of carbonyl (C=O) groups is 2. The fraction of sp³-hybridized carbons (Fsp3) is 0.583. The molecule has 2 aromatic heterocycles. The van der Waals surface area contributed by atoms with Crippen molar-refractivity contribution in [3.63, 3.8) is 0 Å². The van der Waals surface area contributed by atoms with Crippen LogP contribution < -0.4 is 5.56 Å². The monoisotopic (exact) mass is 455 g/mol. The second-order valence-electron chi connectivity index (χ2n) is 9.04. The average Bonchev–Trinajstić information content (AvgIpc) is 3.59. The molecule has 3 heterocycles. The highest BCUT2D eigenvalue weighted by Gasteiger charge is 2.35. The van der Waals surface area contributed by atoms with Crippen molar-refractivity contribution in [1.29, 1.82) is 0 Å². The zero-order valence-electron chi connectivity index (χ0n) is 18.5. The molecule has 32 heavy (non-hydrogen) atoms. The van der Waals surface area contributed by atoms with Gasteiger partial charge in [-0.3, -0.25) is 14.2 Å². The summed E-state index contributed by atoms with van der Waals surface area (Å²) < 4.78 is 7.21. The normalized spacial score (nSPS) is 18.6. The van der Waals surface area contributed by atoms with Gasteiger partial charge >= 0.3 is 5.97 Å². The molecule has 3 aliphatic rings. The summed E-state index contributed by atoms with van der Waals surface area (Å²) in [6, 6.07) is 0.247. The molecule has 2 aromatic rings. The van der Waals surface area contributed by atoms with E-state index in [1.54, 1.807) is 11.5 Å². The van der Waals surface area contributed by atoms with Gasteiger partial charge in [0.1, 0.15) is 15.5 Å². The Kier molecular flexibility index (Phi) is 5.88. The van der Waals surface area contributed by atoms with E-state index in [4.69, 9.17) is 9.72 Å². The van der Waals surface area contributed by atoms with Crippen LogP contribution in [0.15, 0.2) is 16.6 Å². The van der Waals surface area contributed by atoms with Crippen molar-refractivity contribution < 1.29 is 14.3 Å². The molecule has 0 spiro atoms. The Morgan fingerprint density at radius 2 is 2.00 bits per heavy atom. The number of carbonyl (C=O) groups excluding carboxylic acids is 2. The number of rotatable bonds is 5. The van der Waals surface area contributed by atoms with Crippen molar-refractivity contribution in [2.24, 2.45) is 0 Å². The Morgan fingerprint density at radius 1 is 1.19 bits per heavy atom. The average molecular weight is 456 g/mol. The van der Waals surface area contributed by atoms with E-state index in [9.17, 15) is 14.4 Å². The molecule has 5 rings (SSSR count). The summed E-state index contributed by atoms with van der Waals surface area (Å²) in [7, 11) is 0. The zero-order chi connectivity index (χ0) is 22.2. The largest absolute Gasteiger partial charge is 0.451 e. The molecule has 170 valence electrons. The molecule has 1 aliphatic heterocycles. The smallest absolute Gasteiger partial charge is 0.349 e. The summed E-state index contributed by atoms with van der Waals surface area (Å²) in [6.45, 7) is 2.17. The van der Waals surface area contributed by atoms with E-state index in [1.807, 2.05) is 4.90 Å². The van der Waals surface area contributed by atoms with Crippen molar-refractivity contribution in [1.82, 2.24) is 14.5 Å². The molecule has 0 saturated heterocycles. The quantitative estimate of drug-likeness (QED) is 0.634. The van der Waals surface area contributed by atoms with E-state index in [-0.39, 0.29) is 24.1 Å². The van der Waals surface area contributed by atoms with Gasteiger partial charge in [-0.2, -0.15) is 0 Å². The summed E-state index contributed by atoms with van der Waals surface area (Å²) in [5.74, 6) is 0.0988. The topological polar surface area (TPSA) is 81.5 Å². The number of esters is 1. The number of aromatic nitrogens is 2. The summed E-state index contributed by atoms with van der Waals surface area (Å²) >= 11 is 1.20. The molecule has 1 fully saturated rings. The van der Waals surface area contributed by atoms with Gasteiger partial charge in [0.2, 0.25) is 0 Å². The minimum atomic E-state index is -0.549. The van der Waals surface area contributed by atoms with Crippen molar-refractivity contribution in [3.8, 4) is 0 Å². The molecule has 0 aromatic carbocycles. The number of hydrogen-bond acceptors (Lipinski definition) is 6. The lowest BCUT2D eigenvalue weighted by atomic mass is 10.0. The number of allylic oxidation sites excluding steroid dienone is 2. The molecule has 0 unspecified atom stereocenters. The number of fused-ring (bicyclic) bond motifs is 2. The van der Waals surface area contributed by atoms with Crippen LogP contribution in [0.1, 0.15) is 78.8 Å². The van der Waals surface area contributed by atoms with Gasteiger partial charge in [0.15, 0.2) is 6.61 Å². The summed E-state index contributed by atoms with van der Waals surface area (Å²) in [5, 5.41) is 0.505. The van der Waals surface area contributed by atoms with Crippen molar-refractivity contribution in [3.05, 3.63) is 38.4 Å². The van der Waals surface area contributed by atoms with Gasteiger partial charge in [0.25, 0.3) is 11.5 Å². The fourth-order valence-electron chi connectivity index (χ4n) is 4.84. The molecule has 1 saturated carbocycles. The van der Waals surface area contributed by atoms with Gasteiger partial charge in [0, 0.05) is 24.7 Å². The van der Waals surface area contributed by atoms with Crippen LogP contribution in [0, 0.1) is 6.92 Å². The third-order valence-electron chi connectivity index (χ3n) is 6.68. The first kappa shape index (κ1) is 21.4. The van der Waals surface area contributed by atoms with E-state index in [2.05, 4.69) is 6.08 Å². The summed E-state index contributed by atoms with van der Waals surface area (Å²) in [5.41, 5.74) is 1.62.